The number of carbonyl (C=O) groups is 1. The van der Waals surface area contributed by atoms with Gasteiger partial charge < -0.3 is 10.4 Å². The molecule has 17 heavy (non-hydrogen) atoms. The van der Waals surface area contributed by atoms with E-state index in [-0.39, 0.29) is 0 Å². The minimum atomic E-state index is -0.657. The summed E-state index contributed by atoms with van der Waals surface area (Å²) < 4.78 is 0. The molecule has 1 saturated carbocycles. The van der Waals surface area contributed by atoms with Gasteiger partial charge in [0.25, 0.3) is 0 Å². The van der Waals surface area contributed by atoms with Gasteiger partial charge in [-0.3, -0.25) is 4.79 Å². The zero-order valence-corrected chi connectivity index (χ0v) is 11.5. The summed E-state index contributed by atoms with van der Waals surface area (Å²) in [6.45, 7) is 7.44. The lowest BCUT2D eigenvalue weighted by atomic mass is 9.73. The zero-order chi connectivity index (χ0) is 12.9. The molecule has 2 N–H and O–H groups in total. The maximum Gasteiger partial charge on any atom is 0.323 e. The van der Waals surface area contributed by atoms with Gasteiger partial charge in [0, 0.05) is 0 Å². The predicted octanol–water partition coefficient (Wildman–Crippen LogP) is 3.05. The molecule has 0 atom stereocenters. The van der Waals surface area contributed by atoms with Gasteiger partial charge in [0.05, 0.1) is 0 Å². The lowest BCUT2D eigenvalue weighted by molar-refractivity contribution is -0.147. The molecule has 1 rings (SSSR count). The van der Waals surface area contributed by atoms with Crippen molar-refractivity contribution in [3.05, 3.63) is 0 Å². The molecule has 0 heterocycles. The summed E-state index contributed by atoms with van der Waals surface area (Å²) in [6.07, 6.45) is 5.83. The molecule has 0 aromatic carbocycles. The first kappa shape index (κ1) is 14.5. The summed E-state index contributed by atoms with van der Waals surface area (Å²) in [5.41, 5.74) is -0.638. The van der Waals surface area contributed by atoms with E-state index in [1.54, 1.807) is 0 Å². The van der Waals surface area contributed by atoms with Crippen LogP contribution in [-0.4, -0.2) is 23.2 Å². The van der Waals surface area contributed by atoms with E-state index in [1.165, 1.54) is 0 Å². The largest absolute Gasteiger partial charge is 0.480 e. The molecular formula is C14H27NO2. The fourth-order valence-electron chi connectivity index (χ4n) is 2.77. The Morgan fingerprint density at radius 1 is 1.41 bits per heavy atom. The van der Waals surface area contributed by atoms with Gasteiger partial charge in [-0.2, -0.15) is 0 Å². The van der Waals surface area contributed by atoms with Crippen LogP contribution in [0.5, 0.6) is 0 Å². The number of unbranched alkanes of at least 4 members (excludes halogenated alkanes) is 1. The SMILES string of the molecule is CCCCNC1(C(=O)O)CCC(C(C)C)CC1. The number of nitrogens with one attached hydrogen (secondary N) is 1. The topological polar surface area (TPSA) is 49.3 Å². The third-order valence-electron chi connectivity index (χ3n) is 4.23. The van der Waals surface area contributed by atoms with Crippen LogP contribution in [0.4, 0.5) is 0 Å². The first-order valence-electron chi connectivity index (χ1n) is 7.00. The molecule has 0 aromatic heterocycles. The summed E-state index contributed by atoms with van der Waals surface area (Å²) in [7, 11) is 0. The van der Waals surface area contributed by atoms with Crippen molar-refractivity contribution in [2.45, 2.75) is 64.8 Å². The van der Waals surface area contributed by atoms with E-state index >= 15 is 0 Å². The average molecular weight is 241 g/mol. The molecule has 1 aliphatic carbocycles. The van der Waals surface area contributed by atoms with Crippen LogP contribution in [0.3, 0.4) is 0 Å². The molecule has 0 radical (unpaired) electrons. The fourth-order valence-corrected chi connectivity index (χ4v) is 2.77. The second-order valence-electron chi connectivity index (χ2n) is 5.75. The first-order valence-corrected chi connectivity index (χ1v) is 7.00. The van der Waals surface area contributed by atoms with Crippen molar-refractivity contribution in [2.24, 2.45) is 11.8 Å². The number of carboxylic acids is 1. The van der Waals surface area contributed by atoms with Gasteiger partial charge in [-0.05, 0) is 50.5 Å². The number of aliphatic carboxylic acids is 1. The van der Waals surface area contributed by atoms with Crippen LogP contribution in [0.1, 0.15) is 59.3 Å². The van der Waals surface area contributed by atoms with Crippen LogP contribution in [-0.2, 0) is 4.79 Å². The van der Waals surface area contributed by atoms with Crippen molar-refractivity contribution in [3.63, 3.8) is 0 Å². The number of hydrogen-bond donors (Lipinski definition) is 2. The van der Waals surface area contributed by atoms with Gasteiger partial charge >= 0.3 is 5.97 Å². The molecule has 0 bridgehead atoms. The Labute approximate surface area is 105 Å². The van der Waals surface area contributed by atoms with E-state index < -0.39 is 11.5 Å². The van der Waals surface area contributed by atoms with Crippen LogP contribution >= 0.6 is 0 Å². The number of rotatable bonds is 6. The van der Waals surface area contributed by atoms with Gasteiger partial charge in [-0.15, -0.1) is 0 Å². The average Bonchev–Trinajstić information content (AvgIpc) is 2.29. The van der Waals surface area contributed by atoms with Gasteiger partial charge in [0.15, 0.2) is 0 Å². The lowest BCUT2D eigenvalue weighted by Gasteiger charge is -2.39. The van der Waals surface area contributed by atoms with E-state index in [0.717, 1.165) is 45.1 Å². The van der Waals surface area contributed by atoms with Crippen molar-refractivity contribution in [3.8, 4) is 0 Å². The first-order chi connectivity index (χ1) is 8.02. The summed E-state index contributed by atoms with van der Waals surface area (Å²) in [6, 6.07) is 0. The van der Waals surface area contributed by atoms with Crippen molar-refractivity contribution < 1.29 is 9.90 Å². The maximum absolute atomic E-state index is 11.5. The Morgan fingerprint density at radius 2 is 2.00 bits per heavy atom. The Balaban J connectivity index is 2.54. The van der Waals surface area contributed by atoms with E-state index in [9.17, 15) is 9.90 Å². The van der Waals surface area contributed by atoms with Crippen LogP contribution in [0, 0.1) is 11.8 Å². The quantitative estimate of drug-likeness (QED) is 0.703. The third kappa shape index (κ3) is 3.70. The van der Waals surface area contributed by atoms with Crippen LogP contribution in [0.15, 0.2) is 0 Å². The third-order valence-corrected chi connectivity index (χ3v) is 4.23. The van der Waals surface area contributed by atoms with Crippen LogP contribution < -0.4 is 5.32 Å². The second kappa shape index (κ2) is 6.39. The maximum atomic E-state index is 11.5. The normalized spacial score (nSPS) is 29.5. The summed E-state index contributed by atoms with van der Waals surface area (Å²) in [5.74, 6) is 0.726. The van der Waals surface area contributed by atoms with Gasteiger partial charge in [-0.25, -0.2) is 0 Å². The number of carboxylic acid groups (broad SMARTS) is 1. The van der Waals surface area contributed by atoms with Crippen LogP contribution in [0.25, 0.3) is 0 Å². The fraction of sp³-hybridized carbons (Fsp3) is 0.929. The van der Waals surface area contributed by atoms with Gasteiger partial charge in [0.2, 0.25) is 0 Å². The monoisotopic (exact) mass is 241 g/mol. The highest BCUT2D eigenvalue weighted by Crippen LogP contribution is 2.36. The number of hydrogen-bond acceptors (Lipinski definition) is 2. The molecule has 1 aliphatic rings. The molecular weight excluding hydrogens is 214 g/mol. The molecule has 0 aliphatic heterocycles. The summed E-state index contributed by atoms with van der Waals surface area (Å²) in [5, 5.41) is 12.7. The smallest absolute Gasteiger partial charge is 0.323 e. The minimum Gasteiger partial charge on any atom is -0.480 e. The van der Waals surface area contributed by atoms with E-state index in [0.29, 0.717) is 11.8 Å². The molecule has 0 aromatic rings. The standard InChI is InChI=1S/C14H27NO2/c1-4-5-10-15-14(13(16)17)8-6-12(7-9-14)11(2)3/h11-12,15H,4-10H2,1-3H3,(H,16,17). The van der Waals surface area contributed by atoms with E-state index in [1.807, 2.05) is 0 Å². The van der Waals surface area contributed by atoms with E-state index in [4.69, 9.17) is 0 Å². The van der Waals surface area contributed by atoms with Crippen molar-refractivity contribution in [1.29, 1.82) is 0 Å². The summed E-state index contributed by atoms with van der Waals surface area (Å²) >= 11 is 0. The molecule has 3 heteroatoms. The molecule has 1 fully saturated rings. The molecule has 0 spiro atoms. The van der Waals surface area contributed by atoms with Gasteiger partial charge in [0.1, 0.15) is 5.54 Å². The lowest BCUT2D eigenvalue weighted by Crippen LogP contribution is -2.54. The van der Waals surface area contributed by atoms with Crippen molar-refractivity contribution in [2.75, 3.05) is 6.54 Å². The van der Waals surface area contributed by atoms with Gasteiger partial charge in [-0.1, -0.05) is 27.2 Å². The highest BCUT2D eigenvalue weighted by atomic mass is 16.4. The summed E-state index contributed by atoms with van der Waals surface area (Å²) in [4.78, 5) is 11.5. The Hall–Kier alpha value is -0.570. The molecule has 0 saturated heterocycles. The Bertz CT molecular complexity index is 243. The Morgan fingerprint density at radius 3 is 2.41 bits per heavy atom. The molecule has 100 valence electrons. The second-order valence-corrected chi connectivity index (χ2v) is 5.75. The highest BCUT2D eigenvalue weighted by molar-refractivity contribution is 5.78. The minimum absolute atomic E-state index is 0.638. The molecule has 0 unspecified atom stereocenters. The van der Waals surface area contributed by atoms with E-state index in [2.05, 4.69) is 26.1 Å². The van der Waals surface area contributed by atoms with Crippen molar-refractivity contribution >= 4 is 5.97 Å². The molecule has 3 nitrogen and oxygen atoms in total. The zero-order valence-electron chi connectivity index (χ0n) is 11.5. The Kier molecular flexibility index (Phi) is 5.44. The predicted molar refractivity (Wildman–Crippen MR) is 70.1 cm³/mol. The van der Waals surface area contributed by atoms with Crippen molar-refractivity contribution in [1.82, 2.24) is 5.32 Å². The highest BCUT2D eigenvalue weighted by Gasteiger charge is 2.41. The van der Waals surface area contributed by atoms with Crippen LogP contribution in [0.2, 0.25) is 0 Å². The molecule has 0 amide bonds.